The molecule has 0 spiro atoms. The molecule has 0 saturated carbocycles. The van der Waals surface area contributed by atoms with Gasteiger partial charge in [0.2, 0.25) is 0 Å². The Kier molecular flexibility index (Phi) is 11.6. The van der Waals surface area contributed by atoms with Crippen molar-refractivity contribution < 1.29 is 35.9 Å². The smallest absolute Gasteiger partial charge is 0.321 e. The van der Waals surface area contributed by atoms with Gasteiger partial charge in [-0.25, -0.2) is 13.2 Å². The molecule has 4 aromatic carbocycles. The van der Waals surface area contributed by atoms with Crippen molar-refractivity contribution in [2.45, 2.75) is 19.5 Å². The quantitative estimate of drug-likeness (QED) is 0.158. The Balaban J connectivity index is 0.000000206. The van der Waals surface area contributed by atoms with Crippen LogP contribution in [0, 0.1) is 12.7 Å². The third-order valence-electron chi connectivity index (χ3n) is 7.70. The van der Waals surface area contributed by atoms with E-state index in [2.05, 4.69) is 20.8 Å². The monoisotopic (exact) mass is 772 g/mol. The lowest BCUT2D eigenvalue weighted by molar-refractivity contribution is -0.141. The molecule has 8 nitrogen and oxygen atoms in total. The Hall–Kier alpha value is -5.60. The number of para-hydroxylation sites is 2. The Morgan fingerprint density at radius 3 is 1.75 bits per heavy atom. The lowest BCUT2D eigenvalue weighted by Crippen LogP contribution is -2.18. The minimum Gasteiger partial charge on any atom is -0.321 e. The molecule has 0 aliphatic heterocycles. The van der Waals surface area contributed by atoms with Gasteiger partial charge in [-0.1, -0.05) is 77.8 Å². The number of nitrogens with one attached hydrogen (secondary N) is 2. The van der Waals surface area contributed by atoms with E-state index in [1.807, 2.05) is 18.2 Å². The molecule has 2 aromatic heterocycles. The molecule has 6 aromatic rings. The minimum atomic E-state index is -4.78. The number of halogens is 8. The van der Waals surface area contributed by atoms with Crippen LogP contribution in [0.1, 0.15) is 44.1 Å². The molecule has 0 unspecified atom stereocenters. The number of anilines is 2. The van der Waals surface area contributed by atoms with Crippen molar-refractivity contribution in [2.75, 3.05) is 10.6 Å². The highest BCUT2D eigenvalue weighted by molar-refractivity contribution is 6.33. The maximum absolute atomic E-state index is 14.4. The van der Waals surface area contributed by atoms with Crippen LogP contribution >= 0.6 is 23.2 Å². The van der Waals surface area contributed by atoms with Crippen molar-refractivity contribution in [1.29, 1.82) is 0 Å². The van der Waals surface area contributed by atoms with Gasteiger partial charge < -0.3 is 10.6 Å². The Labute approximate surface area is 309 Å². The van der Waals surface area contributed by atoms with Crippen molar-refractivity contribution >= 4 is 46.4 Å². The molecule has 2 amide bonds. The number of carbonyl (C=O) groups is 2. The van der Waals surface area contributed by atoms with Gasteiger partial charge in [0.25, 0.3) is 18.2 Å². The SMILES string of the molecule is Cc1cc(-c2ccccc2NC(=O)c2cn(C)nc2C(F)(F)F)c(F)cc1Cl.Cn1cc(C(=O)Nc2ccccc2-c2ccccc2Cl)c(C(F)F)n1. The second-order valence-corrected chi connectivity index (χ2v) is 12.3. The third-order valence-corrected chi connectivity index (χ3v) is 8.44. The maximum atomic E-state index is 14.4. The number of nitrogens with zero attached hydrogens (tertiary/aromatic N) is 4. The fourth-order valence-corrected chi connectivity index (χ4v) is 5.67. The number of benzene rings is 4. The number of rotatable bonds is 7. The number of hydrogen-bond donors (Lipinski definition) is 2. The standard InChI is InChI=1S/C19H14ClF4N3O.C18H14ClF2N3O/c1-10-7-12(15(21)8-14(10)20)11-5-3-4-6-16(11)25-18(28)13-9-27(2)26-17(13)19(22,23)24;1-24-10-13(16(23-24)17(20)21)18(25)22-15-9-5-3-7-12(15)11-6-2-4-8-14(11)19/h3-9H,1-2H3,(H,25,28);2-10,17H,1H3,(H,22,25). The maximum Gasteiger partial charge on any atom is 0.435 e. The Morgan fingerprint density at radius 2 is 1.19 bits per heavy atom. The van der Waals surface area contributed by atoms with Crippen LogP contribution < -0.4 is 10.6 Å². The van der Waals surface area contributed by atoms with Gasteiger partial charge in [-0.2, -0.15) is 23.4 Å². The molecule has 16 heteroatoms. The Morgan fingerprint density at radius 1 is 0.698 bits per heavy atom. The van der Waals surface area contributed by atoms with Crippen LogP contribution in [0.3, 0.4) is 0 Å². The van der Waals surface area contributed by atoms with Crippen molar-refractivity contribution in [3.8, 4) is 22.3 Å². The van der Waals surface area contributed by atoms with Gasteiger partial charge in [0.05, 0.1) is 11.1 Å². The molecule has 0 bridgehead atoms. The molecule has 6 rings (SSSR count). The molecular weight excluding hydrogens is 745 g/mol. The van der Waals surface area contributed by atoms with Crippen LogP contribution in [0.2, 0.25) is 10.0 Å². The molecule has 0 saturated heterocycles. The first-order valence-corrected chi connectivity index (χ1v) is 16.2. The summed E-state index contributed by atoms with van der Waals surface area (Å²) in [7, 11) is 2.77. The molecular formula is C37H28Cl2F6N6O2. The summed E-state index contributed by atoms with van der Waals surface area (Å²) in [5.74, 6) is -2.27. The molecule has 2 N–H and O–H groups in total. The van der Waals surface area contributed by atoms with E-state index in [1.165, 1.54) is 37.1 Å². The second-order valence-electron chi connectivity index (χ2n) is 11.5. The van der Waals surface area contributed by atoms with Gasteiger partial charge in [-0.3, -0.25) is 19.0 Å². The summed E-state index contributed by atoms with van der Waals surface area (Å²) in [5, 5.41) is 12.8. The lowest BCUT2D eigenvalue weighted by Gasteiger charge is -2.13. The first kappa shape index (κ1) is 38.6. The second kappa shape index (κ2) is 16.0. The van der Waals surface area contributed by atoms with E-state index >= 15 is 0 Å². The topological polar surface area (TPSA) is 93.8 Å². The molecule has 53 heavy (non-hydrogen) atoms. The highest BCUT2D eigenvalue weighted by Gasteiger charge is 2.39. The molecule has 0 atom stereocenters. The fraction of sp³-hybridized carbons (Fsp3) is 0.135. The third kappa shape index (κ3) is 8.90. The predicted molar refractivity (Wildman–Crippen MR) is 191 cm³/mol. The predicted octanol–water partition coefficient (Wildman–Crippen LogP) is 10.4. The van der Waals surface area contributed by atoms with Gasteiger partial charge in [0.15, 0.2) is 5.69 Å². The van der Waals surface area contributed by atoms with Crippen molar-refractivity contribution in [2.24, 2.45) is 14.1 Å². The first-order valence-electron chi connectivity index (χ1n) is 15.5. The number of alkyl halides is 5. The zero-order valence-electron chi connectivity index (χ0n) is 27.9. The number of aromatic nitrogens is 4. The van der Waals surface area contributed by atoms with Crippen molar-refractivity contribution in [1.82, 2.24) is 19.6 Å². The Bertz CT molecular complexity index is 2300. The van der Waals surface area contributed by atoms with E-state index in [0.29, 0.717) is 27.4 Å². The highest BCUT2D eigenvalue weighted by Crippen LogP contribution is 2.36. The normalized spacial score (nSPS) is 11.2. The average Bonchev–Trinajstić information content (AvgIpc) is 3.71. The summed E-state index contributed by atoms with van der Waals surface area (Å²) >= 11 is 12.1. The van der Waals surface area contributed by atoms with Crippen LogP contribution in [0.5, 0.6) is 0 Å². The summed E-state index contributed by atoms with van der Waals surface area (Å²) in [5.41, 5.74) is 0.535. The van der Waals surface area contributed by atoms with Gasteiger partial charge in [-0.15, -0.1) is 0 Å². The lowest BCUT2D eigenvalue weighted by atomic mass is 10.0. The number of amides is 2. The summed E-state index contributed by atoms with van der Waals surface area (Å²) in [6.07, 6.45) is -5.36. The van der Waals surface area contributed by atoms with E-state index < -0.39 is 47.2 Å². The molecule has 0 aliphatic carbocycles. The molecule has 0 fully saturated rings. The summed E-state index contributed by atoms with van der Waals surface area (Å²) < 4.78 is 82.0. The van der Waals surface area contributed by atoms with Crippen LogP contribution in [0.4, 0.5) is 37.7 Å². The fourth-order valence-electron chi connectivity index (χ4n) is 5.28. The largest absolute Gasteiger partial charge is 0.435 e. The van der Waals surface area contributed by atoms with Crippen LogP contribution in [0.15, 0.2) is 97.3 Å². The number of hydrogen-bond acceptors (Lipinski definition) is 4. The van der Waals surface area contributed by atoms with Crippen molar-refractivity contribution in [3.63, 3.8) is 0 Å². The van der Waals surface area contributed by atoms with Crippen LogP contribution in [0.25, 0.3) is 22.3 Å². The molecule has 0 aliphatic rings. The number of carbonyl (C=O) groups excluding carboxylic acids is 2. The zero-order valence-corrected chi connectivity index (χ0v) is 29.5. The first-order chi connectivity index (χ1) is 25.0. The molecule has 0 radical (unpaired) electrons. The minimum absolute atomic E-state index is 0.157. The van der Waals surface area contributed by atoms with E-state index in [4.69, 9.17) is 23.2 Å². The van der Waals surface area contributed by atoms with Gasteiger partial charge in [0, 0.05) is 70.2 Å². The zero-order chi connectivity index (χ0) is 38.6. The van der Waals surface area contributed by atoms with Crippen LogP contribution in [-0.4, -0.2) is 31.4 Å². The van der Waals surface area contributed by atoms with E-state index in [1.54, 1.807) is 55.5 Å². The van der Waals surface area contributed by atoms with E-state index in [9.17, 15) is 35.9 Å². The highest BCUT2D eigenvalue weighted by atomic mass is 35.5. The van der Waals surface area contributed by atoms with E-state index in [0.717, 1.165) is 22.5 Å². The van der Waals surface area contributed by atoms with Crippen molar-refractivity contribution in [3.05, 3.63) is 141 Å². The van der Waals surface area contributed by atoms with Gasteiger partial charge >= 0.3 is 6.18 Å². The summed E-state index contributed by atoms with van der Waals surface area (Å²) in [6.45, 7) is 1.69. The number of aryl methyl sites for hydroxylation is 3. The summed E-state index contributed by atoms with van der Waals surface area (Å²) in [4.78, 5) is 25.0. The summed E-state index contributed by atoms with van der Waals surface area (Å²) in [6, 6.07) is 23.1. The molecule has 274 valence electrons. The van der Waals surface area contributed by atoms with Gasteiger partial charge in [0.1, 0.15) is 11.5 Å². The van der Waals surface area contributed by atoms with Crippen LogP contribution in [-0.2, 0) is 20.3 Å². The van der Waals surface area contributed by atoms with E-state index in [-0.39, 0.29) is 21.8 Å². The van der Waals surface area contributed by atoms with Gasteiger partial charge in [-0.05, 0) is 42.8 Å². The average molecular weight is 774 g/mol. The molecule has 2 heterocycles.